The molecule has 1 aromatic heterocycles. The molecular weight excluding hydrogens is 328 g/mol. The molecule has 0 spiro atoms. The first-order valence-electron chi connectivity index (χ1n) is 6.52. The van der Waals surface area contributed by atoms with Crippen molar-refractivity contribution in [2.75, 3.05) is 7.11 Å². The molecule has 0 aliphatic rings. The Kier molecular flexibility index (Phi) is 3.68. The zero-order valence-electron chi connectivity index (χ0n) is 11.5. The molecule has 0 N–H and O–H groups in total. The van der Waals surface area contributed by atoms with Gasteiger partial charge in [0.05, 0.1) is 23.2 Å². The van der Waals surface area contributed by atoms with Gasteiger partial charge in [0.1, 0.15) is 5.75 Å². The normalized spacial score (nSPS) is 10.5. The van der Waals surface area contributed by atoms with E-state index in [0.29, 0.717) is 5.56 Å². The number of methoxy groups -OCH3 is 1. The molecule has 0 bridgehead atoms. The Morgan fingerprint density at radius 3 is 2.76 bits per heavy atom. The van der Waals surface area contributed by atoms with Crippen LogP contribution in [-0.4, -0.2) is 11.7 Å². The second-order valence-corrected chi connectivity index (χ2v) is 5.65. The maximum absolute atomic E-state index is 9.03. The summed E-state index contributed by atoms with van der Waals surface area (Å²) in [7, 11) is 1.66. The summed E-state index contributed by atoms with van der Waals surface area (Å²) in [5, 5.41) is 10.2. The standard InChI is InChI=1S/C17H13BrN2O/c1-21-17-5-3-13(8-15(17)18)11-20-7-6-14-4-2-12(10-19)9-16(14)20/h2-9H,11H2,1H3. The molecule has 21 heavy (non-hydrogen) atoms. The van der Waals surface area contributed by atoms with Gasteiger partial charge in [0.2, 0.25) is 0 Å². The summed E-state index contributed by atoms with van der Waals surface area (Å²) in [6.45, 7) is 0.751. The summed E-state index contributed by atoms with van der Waals surface area (Å²) in [6, 6.07) is 16.1. The van der Waals surface area contributed by atoms with Crippen LogP contribution in [0.2, 0.25) is 0 Å². The van der Waals surface area contributed by atoms with E-state index in [1.807, 2.05) is 36.5 Å². The van der Waals surface area contributed by atoms with Gasteiger partial charge < -0.3 is 9.30 Å². The number of hydrogen-bond donors (Lipinski definition) is 0. The highest BCUT2D eigenvalue weighted by Crippen LogP contribution is 2.26. The molecule has 0 unspecified atom stereocenters. The van der Waals surface area contributed by atoms with Crippen LogP contribution in [0.5, 0.6) is 5.75 Å². The lowest BCUT2D eigenvalue weighted by atomic mass is 10.2. The number of benzene rings is 2. The maximum atomic E-state index is 9.03. The predicted molar refractivity (Wildman–Crippen MR) is 86.4 cm³/mol. The van der Waals surface area contributed by atoms with E-state index in [2.05, 4.69) is 38.7 Å². The maximum Gasteiger partial charge on any atom is 0.133 e. The van der Waals surface area contributed by atoms with Crippen LogP contribution in [0.4, 0.5) is 0 Å². The molecule has 0 aliphatic heterocycles. The van der Waals surface area contributed by atoms with Crippen LogP contribution in [0.15, 0.2) is 53.1 Å². The number of nitrogens with zero attached hydrogens (tertiary/aromatic N) is 2. The van der Waals surface area contributed by atoms with Crippen LogP contribution in [0.3, 0.4) is 0 Å². The fourth-order valence-corrected chi connectivity index (χ4v) is 2.98. The van der Waals surface area contributed by atoms with Crippen molar-refractivity contribution in [2.45, 2.75) is 6.54 Å². The van der Waals surface area contributed by atoms with E-state index in [9.17, 15) is 0 Å². The average Bonchev–Trinajstić information content (AvgIpc) is 2.90. The average molecular weight is 341 g/mol. The first kappa shape index (κ1) is 13.7. The summed E-state index contributed by atoms with van der Waals surface area (Å²) in [6.07, 6.45) is 2.05. The van der Waals surface area contributed by atoms with E-state index in [4.69, 9.17) is 10.00 Å². The molecule has 2 aromatic carbocycles. The highest BCUT2D eigenvalue weighted by Gasteiger charge is 2.05. The number of hydrogen-bond acceptors (Lipinski definition) is 2. The van der Waals surface area contributed by atoms with Crippen LogP contribution in [0.1, 0.15) is 11.1 Å². The van der Waals surface area contributed by atoms with Crippen LogP contribution in [0.25, 0.3) is 10.9 Å². The first-order chi connectivity index (χ1) is 10.2. The van der Waals surface area contributed by atoms with Crippen molar-refractivity contribution >= 4 is 26.8 Å². The van der Waals surface area contributed by atoms with E-state index in [1.165, 1.54) is 5.56 Å². The molecule has 0 saturated carbocycles. The molecule has 0 radical (unpaired) electrons. The fraction of sp³-hybridized carbons (Fsp3) is 0.118. The van der Waals surface area contributed by atoms with Crippen molar-refractivity contribution in [3.63, 3.8) is 0 Å². The van der Waals surface area contributed by atoms with Gasteiger partial charge in [-0.15, -0.1) is 0 Å². The molecule has 0 saturated heterocycles. The molecule has 0 atom stereocenters. The number of ether oxygens (including phenoxy) is 1. The largest absolute Gasteiger partial charge is 0.496 e. The summed E-state index contributed by atoms with van der Waals surface area (Å²) >= 11 is 3.51. The predicted octanol–water partition coefficient (Wildman–Crippen LogP) is 4.33. The quantitative estimate of drug-likeness (QED) is 0.711. The fourth-order valence-electron chi connectivity index (χ4n) is 2.40. The zero-order valence-corrected chi connectivity index (χ0v) is 13.1. The minimum Gasteiger partial charge on any atom is -0.496 e. The smallest absolute Gasteiger partial charge is 0.133 e. The van der Waals surface area contributed by atoms with Gasteiger partial charge >= 0.3 is 0 Å². The summed E-state index contributed by atoms with van der Waals surface area (Å²) in [4.78, 5) is 0. The lowest BCUT2D eigenvalue weighted by molar-refractivity contribution is 0.412. The summed E-state index contributed by atoms with van der Waals surface area (Å²) < 4.78 is 8.33. The van der Waals surface area contributed by atoms with E-state index in [-0.39, 0.29) is 0 Å². The van der Waals surface area contributed by atoms with Gasteiger partial charge in [-0.3, -0.25) is 0 Å². The molecule has 0 fully saturated rings. The Balaban J connectivity index is 1.98. The lowest BCUT2D eigenvalue weighted by Gasteiger charge is -2.09. The van der Waals surface area contributed by atoms with Crippen molar-refractivity contribution < 1.29 is 4.74 Å². The monoisotopic (exact) mass is 340 g/mol. The first-order valence-corrected chi connectivity index (χ1v) is 7.32. The van der Waals surface area contributed by atoms with Gasteiger partial charge in [0, 0.05) is 18.3 Å². The Morgan fingerprint density at radius 1 is 1.19 bits per heavy atom. The van der Waals surface area contributed by atoms with E-state index < -0.39 is 0 Å². The number of aromatic nitrogens is 1. The van der Waals surface area contributed by atoms with Gasteiger partial charge in [0.15, 0.2) is 0 Å². The Bertz CT molecular complexity index is 846. The minimum atomic E-state index is 0.679. The molecule has 4 heteroatoms. The Hall–Kier alpha value is -2.25. The van der Waals surface area contributed by atoms with Gasteiger partial charge in [-0.05, 0) is 57.2 Å². The second-order valence-electron chi connectivity index (χ2n) is 4.80. The third kappa shape index (κ3) is 2.65. The molecule has 104 valence electrons. The molecule has 0 amide bonds. The molecule has 1 heterocycles. The Labute approximate surface area is 131 Å². The van der Waals surface area contributed by atoms with Gasteiger partial charge in [-0.1, -0.05) is 12.1 Å². The van der Waals surface area contributed by atoms with Crippen molar-refractivity contribution in [1.82, 2.24) is 4.57 Å². The number of rotatable bonds is 3. The number of halogens is 1. The van der Waals surface area contributed by atoms with Crippen LogP contribution in [-0.2, 0) is 6.54 Å². The van der Waals surface area contributed by atoms with Crippen molar-refractivity contribution in [1.29, 1.82) is 5.26 Å². The van der Waals surface area contributed by atoms with Crippen LogP contribution < -0.4 is 4.74 Å². The Morgan fingerprint density at radius 2 is 2.05 bits per heavy atom. The molecule has 3 nitrogen and oxygen atoms in total. The van der Waals surface area contributed by atoms with E-state index >= 15 is 0 Å². The van der Waals surface area contributed by atoms with E-state index in [1.54, 1.807) is 7.11 Å². The van der Waals surface area contributed by atoms with E-state index in [0.717, 1.165) is 27.7 Å². The summed E-state index contributed by atoms with van der Waals surface area (Å²) in [5.74, 6) is 0.822. The lowest BCUT2D eigenvalue weighted by Crippen LogP contribution is -1.98. The minimum absolute atomic E-state index is 0.679. The van der Waals surface area contributed by atoms with Crippen LogP contribution in [0, 0.1) is 11.3 Å². The highest BCUT2D eigenvalue weighted by atomic mass is 79.9. The number of nitriles is 1. The zero-order chi connectivity index (χ0) is 14.8. The van der Waals surface area contributed by atoms with Crippen molar-refractivity contribution in [3.8, 4) is 11.8 Å². The van der Waals surface area contributed by atoms with Gasteiger partial charge in [-0.2, -0.15) is 5.26 Å². The molecule has 0 aliphatic carbocycles. The van der Waals surface area contributed by atoms with Crippen LogP contribution >= 0.6 is 15.9 Å². The van der Waals surface area contributed by atoms with Crippen molar-refractivity contribution in [2.24, 2.45) is 0 Å². The SMILES string of the molecule is COc1ccc(Cn2ccc3ccc(C#N)cc32)cc1Br. The second kappa shape index (κ2) is 5.63. The molecule has 3 rings (SSSR count). The molecular formula is C17H13BrN2O. The topological polar surface area (TPSA) is 38.0 Å². The third-order valence-corrected chi connectivity index (χ3v) is 4.09. The number of fused-ring (bicyclic) bond motifs is 1. The highest BCUT2D eigenvalue weighted by molar-refractivity contribution is 9.10. The van der Waals surface area contributed by atoms with Crippen molar-refractivity contribution in [3.05, 3.63) is 64.3 Å². The summed E-state index contributed by atoms with van der Waals surface area (Å²) in [5.41, 5.74) is 2.92. The van der Waals surface area contributed by atoms with Gasteiger partial charge in [0.25, 0.3) is 0 Å². The third-order valence-electron chi connectivity index (χ3n) is 3.47. The molecule has 3 aromatic rings. The van der Waals surface area contributed by atoms with Gasteiger partial charge in [-0.25, -0.2) is 0 Å².